The number of Topliss-reactive ketones (excluding diaryl/α,β-unsaturated/α-hetero) is 1. The van der Waals surface area contributed by atoms with Gasteiger partial charge >= 0.3 is 5.92 Å². The number of alkyl halides is 2. The zero-order valence-corrected chi connectivity index (χ0v) is 14.0. The number of hydrogen-bond donors (Lipinski definition) is 1. The third-order valence-electron chi connectivity index (χ3n) is 4.30. The molecule has 0 aliphatic carbocycles. The summed E-state index contributed by atoms with van der Waals surface area (Å²) in [6.45, 7) is -0.256. The highest BCUT2D eigenvalue weighted by molar-refractivity contribution is 6.02. The van der Waals surface area contributed by atoms with Crippen molar-refractivity contribution in [3.63, 3.8) is 0 Å². The first kappa shape index (κ1) is 18.0. The average molecular weight is 352 g/mol. The predicted molar refractivity (Wildman–Crippen MR) is 96.4 cm³/mol. The Morgan fingerprint density at radius 2 is 1.42 bits per heavy atom. The van der Waals surface area contributed by atoms with Crippen molar-refractivity contribution in [1.82, 2.24) is 0 Å². The number of ketones is 1. The predicted octanol–water partition coefficient (Wildman–Crippen LogP) is 4.83. The maximum absolute atomic E-state index is 15.4. The van der Waals surface area contributed by atoms with Crippen LogP contribution >= 0.6 is 0 Å². The summed E-state index contributed by atoms with van der Waals surface area (Å²) in [7, 11) is 0. The molecule has 3 rings (SSSR count). The molecule has 1 N–H and O–H groups in total. The minimum Gasteiger partial charge on any atom is -0.392 e. The normalized spacial score (nSPS) is 12.6. The van der Waals surface area contributed by atoms with Gasteiger partial charge in [0, 0.05) is 5.56 Å². The SMILES string of the molecule is O=C(c1ccccc1)C(F)(F)C(c1ccccc1)c1cccc(CO)c1. The van der Waals surface area contributed by atoms with E-state index in [-0.39, 0.29) is 17.7 Å². The average Bonchev–Trinajstić information content (AvgIpc) is 2.69. The van der Waals surface area contributed by atoms with Crippen LogP contribution in [0.15, 0.2) is 84.9 Å². The number of carbonyl (C=O) groups is 1. The molecule has 1 atom stereocenters. The third kappa shape index (κ3) is 3.55. The first-order chi connectivity index (χ1) is 12.5. The molecule has 0 aliphatic rings. The van der Waals surface area contributed by atoms with Crippen molar-refractivity contribution < 1.29 is 18.7 Å². The van der Waals surface area contributed by atoms with Crippen molar-refractivity contribution in [2.24, 2.45) is 0 Å². The molecule has 26 heavy (non-hydrogen) atoms. The lowest BCUT2D eigenvalue weighted by atomic mass is 9.82. The molecule has 2 nitrogen and oxygen atoms in total. The van der Waals surface area contributed by atoms with E-state index in [1.165, 1.54) is 18.2 Å². The number of hydrogen-bond acceptors (Lipinski definition) is 2. The largest absolute Gasteiger partial charge is 0.392 e. The summed E-state index contributed by atoms with van der Waals surface area (Å²) in [5, 5.41) is 9.35. The fourth-order valence-corrected chi connectivity index (χ4v) is 3.04. The van der Waals surface area contributed by atoms with Crippen LogP contribution in [-0.4, -0.2) is 16.8 Å². The number of carbonyl (C=O) groups excluding carboxylic acids is 1. The maximum Gasteiger partial charge on any atom is 0.320 e. The second-order valence-corrected chi connectivity index (χ2v) is 6.06. The second kappa shape index (κ2) is 7.58. The van der Waals surface area contributed by atoms with Crippen LogP contribution in [0, 0.1) is 0 Å². The zero-order valence-electron chi connectivity index (χ0n) is 14.0. The van der Waals surface area contributed by atoms with E-state index in [4.69, 9.17) is 0 Å². The van der Waals surface area contributed by atoms with Crippen LogP contribution in [0.25, 0.3) is 0 Å². The van der Waals surface area contributed by atoms with Crippen molar-refractivity contribution in [2.75, 3.05) is 0 Å². The van der Waals surface area contributed by atoms with Crippen molar-refractivity contribution in [1.29, 1.82) is 0 Å². The molecule has 0 radical (unpaired) electrons. The van der Waals surface area contributed by atoms with Gasteiger partial charge < -0.3 is 5.11 Å². The van der Waals surface area contributed by atoms with Gasteiger partial charge in [-0.3, -0.25) is 4.79 Å². The molecule has 132 valence electrons. The summed E-state index contributed by atoms with van der Waals surface area (Å²) < 4.78 is 30.7. The molecule has 0 heterocycles. The Balaban J connectivity index is 2.12. The molecule has 3 aromatic carbocycles. The lowest BCUT2D eigenvalue weighted by Crippen LogP contribution is -2.36. The highest BCUT2D eigenvalue weighted by atomic mass is 19.3. The Morgan fingerprint density at radius 1 is 0.846 bits per heavy atom. The van der Waals surface area contributed by atoms with Gasteiger partial charge in [0.05, 0.1) is 12.5 Å². The number of halogens is 2. The molecule has 0 aromatic heterocycles. The Kier molecular flexibility index (Phi) is 5.24. The van der Waals surface area contributed by atoms with E-state index in [0.717, 1.165) is 0 Å². The lowest BCUT2D eigenvalue weighted by Gasteiger charge is -2.27. The number of aliphatic hydroxyl groups excluding tert-OH is 1. The number of rotatable bonds is 6. The number of aliphatic hydroxyl groups is 1. The standard InChI is InChI=1S/C22H18F2O2/c23-22(24,21(26)18-11-5-2-6-12-18)20(17-9-3-1-4-10-17)19-13-7-8-16(14-19)15-25/h1-14,20,25H,15H2. The molecular weight excluding hydrogens is 334 g/mol. The topological polar surface area (TPSA) is 37.3 Å². The first-order valence-corrected chi connectivity index (χ1v) is 8.26. The van der Waals surface area contributed by atoms with Crippen LogP contribution in [0.4, 0.5) is 8.78 Å². The van der Waals surface area contributed by atoms with Gasteiger partial charge in [0.1, 0.15) is 0 Å². The van der Waals surface area contributed by atoms with Crippen LogP contribution in [0.2, 0.25) is 0 Å². The molecule has 0 bridgehead atoms. The molecule has 0 saturated carbocycles. The molecule has 0 aliphatic heterocycles. The number of benzene rings is 3. The van der Waals surface area contributed by atoms with Gasteiger partial charge in [0.2, 0.25) is 5.78 Å². The van der Waals surface area contributed by atoms with Crippen molar-refractivity contribution in [3.05, 3.63) is 107 Å². The van der Waals surface area contributed by atoms with Crippen molar-refractivity contribution in [2.45, 2.75) is 18.4 Å². The molecule has 0 fully saturated rings. The van der Waals surface area contributed by atoms with Crippen LogP contribution < -0.4 is 0 Å². The Labute approximate surface area is 150 Å². The maximum atomic E-state index is 15.4. The van der Waals surface area contributed by atoms with E-state index in [2.05, 4.69) is 0 Å². The first-order valence-electron chi connectivity index (χ1n) is 8.26. The summed E-state index contributed by atoms with van der Waals surface area (Å²) in [6.07, 6.45) is 0. The highest BCUT2D eigenvalue weighted by Crippen LogP contribution is 2.41. The summed E-state index contributed by atoms with van der Waals surface area (Å²) in [4.78, 5) is 12.6. The molecule has 0 amide bonds. The summed E-state index contributed by atoms with van der Waals surface area (Å²) in [5.41, 5.74) is 1.12. The Hall–Kier alpha value is -2.85. The molecule has 4 heteroatoms. The van der Waals surface area contributed by atoms with E-state index >= 15 is 8.78 Å². The minimum absolute atomic E-state index is 0.0308. The minimum atomic E-state index is -3.64. The quantitative estimate of drug-likeness (QED) is 0.645. The van der Waals surface area contributed by atoms with Crippen LogP contribution in [0.3, 0.4) is 0 Å². The van der Waals surface area contributed by atoms with E-state index in [9.17, 15) is 9.90 Å². The second-order valence-electron chi connectivity index (χ2n) is 6.06. The molecule has 0 spiro atoms. The van der Waals surface area contributed by atoms with Gasteiger partial charge in [-0.15, -0.1) is 0 Å². The van der Waals surface area contributed by atoms with Crippen molar-refractivity contribution >= 4 is 5.78 Å². The van der Waals surface area contributed by atoms with Gasteiger partial charge in [-0.25, -0.2) is 0 Å². The summed E-state index contributed by atoms with van der Waals surface area (Å²) >= 11 is 0. The van der Waals surface area contributed by atoms with E-state index in [0.29, 0.717) is 11.1 Å². The lowest BCUT2D eigenvalue weighted by molar-refractivity contribution is -0.000322. The molecule has 0 saturated heterocycles. The molecule has 3 aromatic rings. The Bertz CT molecular complexity index is 877. The van der Waals surface area contributed by atoms with Crippen molar-refractivity contribution in [3.8, 4) is 0 Å². The Morgan fingerprint density at radius 3 is 2.04 bits per heavy atom. The molecule has 1 unspecified atom stereocenters. The smallest absolute Gasteiger partial charge is 0.320 e. The summed E-state index contributed by atoms with van der Waals surface area (Å²) in [6, 6.07) is 22.2. The van der Waals surface area contributed by atoms with E-state index in [1.807, 2.05) is 0 Å². The van der Waals surface area contributed by atoms with Gasteiger partial charge in [-0.1, -0.05) is 84.9 Å². The fourth-order valence-electron chi connectivity index (χ4n) is 3.04. The van der Waals surface area contributed by atoms with Crippen LogP contribution in [0.1, 0.15) is 33.0 Å². The summed E-state index contributed by atoms with van der Waals surface area (Å²) in [5.74, 6) is -6.30. The zero-order chi connectivity index (χ0) is 18.6. The highest BCUT2D eigenvalue weighted by Gasteiger charge is 2.48. The van der Waals surface area contributed by atoms with E-state index in [1.54, 1.807) is 66.7 Å². The fraction of sp³-hybridized carbons (Fsp3) is 0.136. The van der Waals surface area contributed by atoms with E-state index < -0.39 is 17.6 Å². The third-order valence-corrected chi connectivity index (χ3v) is 4.30. The molecular formula is C22H18F2O2. The van der Waals surface area contributed by atoms with Crippen LogP contribution in [0.5, 0.6) is 0 Å². The monoisotopic (exact) mass is 352 g/mol. The van der Waals surface area contributed by atoms with Gasteiger partial charge in [0.25, 0.3) is 0 Å². The van der Waals surface area contributed by atoms with Gasteiger partial charge in [-0.2, -0.15) is 8.78 Å². The van der Waals surface area contributed by atoms with Gasteiger partial charge in [-0.05, 0) is 16.7 Å². The van der Waals surface area contributed by atoms with Gasteiger partial charge in [0.15, 0.2) is 0 Å². The van der Waals surface area contributed by atoms with Crippen LogP contribution in [-0.2, 0) is 6.61 Å².